The molecule has 0 saturated heterocycles. The van der Waals surface area contributed by atoms with E-state index in [0.29, 0.717) is 25.7 Å². The van der Waals surface area contributed by atoms with E-state index in [2.05, 4.69) is 113 Å². The molecule has 5 unspecified atom stereocenters. The number of aliphatic hydroxyl groups excluding tert-OH is 1. The van der Waals surface area contributed by atoms with Crippen LogP contribution >= 0.6 is 15.6 Å². The van der Waals surface area contributed by atoms with Crippen LogP contribution in [0, 0.1) is 0 Å². The number of carbonyl (C=O) groups excluding carboxylic acids is 4. The molecule has 0 rings (SSSR count). The van der Waals surface area contributed by atoms with Gasteiger partial charge in [-0.05, 0) is 116 Å². The van der Waals surface area contributed by atoms with Gasteiger partial charge in [0.25, 0.3) is 0 Å². The van der Waals surface area contributed by atoms with E-state index in [0.717, 1.165) is 193 Å². The summed E-state index contributed by atoms with van der Waals surface area (Å²) >= 11 is 0. The van der Waals surface area contributed by atoms with Gasteiger partial charge in [-0.15, -0.1) is 0 Å². The van der Waals surface area contributed by atoms with Gasteiger partial charge >= 0.3 is 39.5 Å². The fourth-order valence-corrected chi connectivity index (χ4v) is 13.1. The van der Waals surface area contributed by atoms with Crippen molar-refractivity contribution in [2.24, 2.45) is 0 Å². The van der Waals surface area contributed by atoms with E-state index in [-0.39, 0.29) is 25.7 Å². The lowest BCUT2D eigenvalue weighted by Gasteiger charge is -2.21. The van der Waals surface area contributed by atoms with Gasteiger partial charge in [0.05, 0.1) is 26.4 Å². The molecule has 0 aromatic rings. The molecule has 5 atom stereocenters. The van der Waals surface area contributed by atoms with Crippen molar-refractivity contribution in [3.63, 3.8) is 0 Å². The molecule has 0 radical (unpaired) electrons. The quantitative estimate of drug-likeness (QED) is 0.0169. The van der Waals surface area contributed by atoms with Crippen molar-refractivity contribution >= 4 is 39.5 Å². The van der Waals surface area contributed by atoms with E-state index < -0.39 is 97.5 Å². The smallest absolute Gasteiger partial charge is 0.462 e. The van der Waals surface area contributed by atoms with E-state index in [1.807, 2.05) is 0 Å². The molecule has 0 aliphatic rings. The Labute approximate surface area is 634 Å². The fourth-order valence-electron chi connectivity index (χ4n) is 11.5. The second kappa shape index (κ2) is 77.4. The van der Waals surface area contributed by atoms with Gasteiger partial charge in [-0.1, -0.05) is 318 Å². The van der Waals surface area contributed by atoms with Crippen LogP contribution in [0.3, 0.4) is 0 Å². The second-order valence-electron chi connectivity index (χ2n) is 28.0. The summed E-state index contributed by atoms with van der Waals surface area (Å²) in [6.45, 7) is 4.70. The normalized spacial score (nSPS) is 14.3. The van der Waals surface area contributed by atoms with Crippen LogP contribution in [0.2, 0.25) is 0 Å². The van der Waals surface area contributed by atoms with E-state index in [4.69, 9.17) is 37.0 Å². The van der Waals surface area contributed by atoms with Crippen molar-refractivity contribution in [2.75, 3.05) is 39.6 Å². The minimum absolute atomic E-state index is 0.0827. The maximum atomic E-state index is 13.1. The number of phosphoric ester groups is 2. The van der Waals surface area contributed by atoms with Gasteiger partial charge in [0.2, 0.25) is 0 Å². The van der Waals surface area contributed by atoms with Crippen LogP contribution in [0.1, 0.15) is 374 Å². The summed E-state index contributed by atoms with van der Waals surface area (Å²) in [5.74, 6) is -2.17. The number of hydrogen-bond acceptors (Lipinski definition) is 15. The van der Waals surface area contributed by atoms with Crippen molar-refractivity contribution in [2.45, 2.75) is 393 Å². The molecule has 0 fully saturated rings. The first kappa shape index (κ1) is 100. The van der Waals surface area contributed by atoms with Gasteiger partial charge in [-0.2, -0.15) is 0 Å². The molecule has 0 bridgehead atoms. The number of rotatable bonds is 79. The van der Waals surface area contributed by atoms with Gasteiger partial charge in [0.1, 0.15) is 19.3 Å². The second-order valence-corrected chi connectivity index (χ2v) is 30.9. The number of unbranched alkanes of at least 4 members (excludes halogenated alkanes) is 39. The molecule has 17 nitrogen and oxygen atoms in total. The molecule has 0 aliphatic heterocycles. The Morgan fingerprint density at radius 1 is 0.279 bits per heavy atom. The van der Waals surface area contributed by atoms with Gasteiger partial charge in [0.15, 0.2) is 12.2 Å². The monoisotopic (exact) mass is 1510 g/mol. The Balaban J connectivity index is 5.36. The topological polar surface area (TPSA) is 237 Å². The molecule has 0 aromatic carbocycles. The molecule has 0 aromatic heterocycles. The standard InChI is InChI=1S/C85H152O17P2/c1-5-9-13-17-21-25-29-33-37-39-43-46-50-54-58-62-66-70-83(88)96-76-81(102-85(90)72-68-64-60-56-52-48-44-40-38-34-30-26-22-18-14-10-6-2)78-100-104(93,94)98-74-79(86)73-97-103(91,92)99-77-80(101-84(89)71-67-63-59-55-51-47-42-36-32-28-24-20-16-12-8-4)75-95-82(87)69-65-61-57-53-49-45-41-35-31-27-23-19-15-11-7-3/h9-10,13-14,21-22,25-26,33-35,37-38,41,79-81,86H,5-8,11-12,15-20,23-24,27-32,36,39-40,42-78H2,1-4H3,(H,91,92)(H,93,94)/b13-9-,14-10-,25-21-,26-22-,37-33-,38-34-,41-35-. The zero-order valence-electron chi connectivity index (χ0n) is 66.2. The summed E-state index contributed by atoms with van der Waals surface area (Å²) in [6, 6.07) is 0. The van der Waals surface area contributed by atoms with Crippen molar-refractivity contribution in [3.05, 3.63) is 85.1 Å². The number of carbonyl (C=O) groups is 4. The summed E-state index contributed by atoms with van der Waals surface area (Å²) in [4.78, 5) is 73.2. The van der Waals surface area contributed by atoms with Gasteiger partial charge in [0, 0.05) is 25.7 Å². The van der Waals surface area contributed by atoms with Crippen LogP contribution in [-0.2, 0) is 65.4 Å². The fraction of sp³-hybridized carbons (Fsp3) is 0.788. The number of aliphatic hydroxyl groups is 1. The number of esters is 4. The predicted octanol–water partition coefficient (Wildman–Crippen LogP) is 24.6. The molecule has 19 heteroatoms. The zero-order chi connectivity index (χ0) is 76.0. The maximum Gasteiger partial charge on any atom is 0.472 e. The Morgan fingerprint density at radius 2 is 0.500 bits per heavy atom. The average molecular weight is 1510 g/mol. The predicted molar refractivity (Wildman–Crippen MR) is 427 cm³/mol. The van der Waals surface area contributed by atoms with E-state index in [1.165, 1.54) is 103 Å². The highest BCUT2D eigenvalue weighted by Gasteiger charge is 2.30. The Morgan fingerprint density at radius 3 is 0.779 bits per heavy atom. The van der Waals surface area contributed by atoms with Crippen LogP contribution in [0.25, 0.3) is 0 Å². The SMILES string of the molecule is CC/C=C\C/C=C\C/C=C\CCCCCCCCCC(=O)OCC(COP(=O)(O)OCC(O)COP(=O)(O)OCC(COC(=O)CCCCCCC/C=C\CCCCCCCC)OC(=O)CCCCCCCCCCCCCCCCC)OC(=O)CCCCCCCCC/C=C\C/C=C\C/C=C\CC. The van der Waals surface area contributed by atoms with E-state index in [1.54, 1.807) is 0 Å². The first-order chi connectivity index (χ1) is 50.7. The van der Waals surface area contributed by atoms with Gasteiger partial charge in [-0.3, -0.25) is 37.3 Å². The molecule has 3 N–H and O–H groups in total. The van der Waals surface area contributed by atoms with Crippen LogP contribution in [-0.4, -0.2) is 96.7 Å². The van der Waals surface area contributed by atoms with Crippen LogP contribution < -0.4 is 0 Å². The third-order valence-corrected chi connectivity index (χ3v) is 19.8. The number of hydrogen-bond donors (Lipinski definition) is 3. The largest absolute Gasteiger partial charge is 0.472 e. The highest BCUT2D eigenvalue weighted by Crippen LogP contribution is 2.45. The molecule has 0 spiro atoms. The van der Waals surface area contributed by atoms with Gasteiger partial charge < -0.3 is 33.8 Å². The summed E-state index contributed by atoms with van der Waals surface area (Å²) in [7, 11) is -9.96. The first-order valence-electron chi connectivity index (χ1n) is 41.8. The van der Waals surface area contributed by atoms with Crippen LogP contribution in [0.15, 0.2) is 85.1 Å². The number of ether oxygens (including phenoxy) is 4. The van der Waals surface area contributed by atoms with Crippen molar-refractivity contribution in [1.82, 2.24) is 0 Å². The maximum absolute atomic E-state index is 13.1. The third kappa shape index (κ3) is 76.4. The molecule has 0 saturated carbocycles. The molecule has 604 valence electrons. The zero-order valence-corrected chi connectivity index (χ0v) is 68.0. The third-order valence-electron chi connectivity index (χ3n) is 17.9. The summed E-state index contributed by atoms with van der Waals surface area (Å²) in [6.07, 6.45) is 81.1. The highest BCUT2D eigenvalue weighted by molar-refractivity contribution is 7.47. The lowest BCUT2D eigenvalue weighted by Crippen LogP contribution is -2.30. The average Bonchev–Trinajstić information content (AvgIpc) is 0.926. The lowest BCUT2D eigenvalue weighted by molar-refractivity contribution is -0.161. The lowest BCUT2D eigenvalue weighted by atomic mass is 10.0. The van der Waals surface area contributed by atoms with Crippen LogP contribution in [0.5, 0.6) is 0 Å². The minimum Gasteiger partial charge on any atom is -0.462 e. The highest BCUT2D eigenvalue weighted by atomic mass is 31.2. The molecule has 104 heavy (non-hydrogen) atoms. The number of allylic oxidation sites excluding steroid dienone is 14. The molecule has 0 heterocycles. The first-order valence-corrected chi connectivity index (χ1v) is 44.8. The molecular weight excluding hydrogens is 1350 g/mol. The van der Waals surface area contributed by atoms with E-state index >= 15 is 0 Å². The molecular formula is C85H152O17P2. The van der Waals surface area contributed by atoms with Crippen LogP contribution in [0.4, 0.5) is 0 Å². The Hall–Kier alpha value is -3.76. The van der Waals surface area contributed by atoms with E-state index in [9.17, 15) is 43.2 Å². The molecule has 0 aliphatic carbocycles. The molecule has 0 amide bonds. The summed E-state index contributed by atoms with van der Waals surface area (Å²) < 4.78 is 68.8. The number of phosphoric acid groups is 2. The van der Waals surface area contributed by atoms with Crippen molar-refractivity contribution in [1.29, 1.82) is 0 Å². The summed E-state index contributed by atoms with van der Waals surface area (Å²) in [5, 5.41) is 10.7. The Bertz CT molecular complexity index is 2300. The minimum atomic E-state index is -4.98. The Kier molecular flexibility index (Phi) is 74.6. The summed E-state index contributed by atoms with van der Waals surface area (Å²) in [5.41, 5.74) is 0. The van der Waals surface area contributed by atoms with Crippen molar-refractivity contribution in [3.8, 4) is 0 Å². The van der Waals surface area contributed by atoms with Crippen molar-refractivity contribution < 1.29 is 80.2 Å². The van der Waals surface area contributed by atoms with Gasteiger partial charge in [-0.25, -0.2) is 9.13 Å².